The van der Waals surface area contributed by atoms with E-state index in [4.69, 9.17) is 0 Å². The van der Waals surface area contributed by atoms with Gasteiger partial charge < -0.3 is 0 Å². The van der Waals surface area contributed by atoms with Gasteiger partial charge in [-0.15, -0.1) is 0 Å². The van der Waals surface area contributed by atoms with Gasteiger partial charge in [0.1, 0.15) is 0 Å². The molecule has 23 heavy (non-hydrogen) atoms. The minimum Gasteiger partial charge on any atom is -0.290 e. The van der Waals surface area contributed by atoms with Crippen molar-refractivity contribution < 1.29 is 9.59 Å². The van der Waals surface area contributed by atoms with Gasteiger partial charge in [-0.2, -0.15) is 0 Å². The highest BCUT2D eigenvalue weighted by Gasteiger charge is 2.41. The first kappa shape index (κ1) is 15.9. The number of carbonyl (C=O) groups is 2. The number of anilines is 1. The summed E-state index contributed by atoms with van der Waals surface area (Å²) in [6.07, 6.45) is 0.217. The Morgan fingerprint density at radius 3 is 2.57 bits per heavy atom. The third-order valence-electron chi connectivity index (χ3n) is 4.00. The van der Waals surface area contributed by atoms with Crippen LogP contribution >= 0.6 is 15.9 Å². The predicted molar refractivity (Wildman–Crippen MR) is 92.9 cm³/mol. The lowest BCUT2D eigenvalue weighted by molar-refractivity contribution is -0.122. The number of hydrogen-bond donors (Lipinski definition) is 0. The average molecular weight is 373 g/mol. The van der Waals surface area contributed by atoms with E-state index in [0.29, 0.717) is 12.2 Å². The second-order valence-corrected chi connectivity index (χ2v) is 6.58. The second kappa shape index (κ2) is 6.64. The van der Waals surface area contributed by atoms with Gasteiger partial charge in [-0.3, -0.25) is 14.5 Å². The molecule has 2 aromatic carbocycles. The molecule has 0 unspecified atom stereocenters. The van der Waals surface area contributed by atoms with Crippen LogP contribution in [0.15, 0.2) is 59.1 Å². The smallest absolute Gasteiger partial charge is 0.251 e. The van der Waals surface area contributed by atoms with Crippen LogP contribution < -0.4 is 4.90 Å². The van der Waals surface area contributed by atoms with Crippen molar-refractivity contribution in [2.75, 3.05) is 11.9 Å². The van der Waals surface area contributed by atoms with E-state index < -0.39 is 6.04 Å². The number of hydrogen-bond acceptors (Lipinski definition) is 3. The van der Waals surface area contributed by atoms with E-state index in [2.05, 4.69) is 15.9 Å². The molecular weight excluding hydrogens is 356 g/mol. The first-order valence-electron chi connectivity index (χ1n) is 7.43. The highest BCUT2D eigenvalue weighted by molar-refractivity contribution is 9.10. The van der Waals surface area contributed by atoms with Gasteiger partial charge in [0.25, 0.3) is 5.91 Å². The van der Waals surface area contributed by atoms with Gasteiger partial charge in [-0.25, -0.2) is 4.90 Å². The number of halogens is 1. The van der Waals surface area contributed by atoms with Crippen molar-refractivity contribution >= 4 is 33.4 Å². The lowest BCUT2D eigenvalue weighted by atomic mass is 10.1. The van der Waals surface area contributed by atoms with Crippen molar-refractivity contribution in [1.82, 2.24) is 4.90 Å². The van der Waals surface area contributed by atoms with E-state index in [-0.39, 0.29) is 18.2 Å². The van der Waals surface area contributed by atoms with E-state index in [9.17, 15) is 9.59 Å². The van der Waals surface area contributed by atoms with Crippen LogP contribution in [0.25, 0.3) is 0 Å². The van der Waals surface area contributed by atoms with Crippen LogP contribution in [0.1, 0.15) is 12.0 Å². The molecule has 118 valence electrons. The average Bonchev–Trinajstić information content (AvgIpc) is 2.83. The molecule has 1 aliphatic heterocycles. The van der Waals surface area contributed by atoms with E-state index in [1.807, 2.05) is 54.4 Å². The number of rotatable bonds is 4. The highest BCUT2D eigenvalue weighted by Crippen LogP contribution is 2.27. The van der Waals surface area contributed by atoms with Crippen molar-refractivity contribution in [3.05, 3.63) is 64.6 Å². The molecule has 0 saturated carbocycles. The first-order chi connectivity index (χ1) is 11.1. The summed E-state index contributed by atoms with van der Waals surface area (Å²) in [7, 11) is 1.88. The SMILES string of the molecule is CN(Cc1ccccc1)[C@H]1CC(=O)N(c2cccc(Br)c2)C1=O. The summed E-state index contributed by atoms with van der Waals surface area (Å²) in [5.74, 6) is -0.315. The van der Waals surface area contributed by atoms with Crippen molar-refractivity contribution in [2.24, 2.45) is 0 Å². The zero-order chi connectivity index (χ0) is 16.4. The molecule has 1 heterocycles. The second-order valence-electron chi connectivity index (χ2n) is 5.67. The van der Waals surface area contributed by atoms with Crippen LogP contribution in [-0.2, 0) is 16.1 Å². The molecule has 4 nitrogen and oxygen atoms in total. The minimum absolute atomic E-state index is 0.155. The normalized spacial score (nSPS) is 18.0. The van der Waals surface area contributed by atoms with Crippen LogP contribution in [0.3, 0.4) is 0 Å². The standard InChI is InChI=1S/C18H17BrN2O2/c1-20(12-13-6-3-2-4-7-13)16-11-17(22)21(18(16)23)15-9-5-8-14(19)10-15/h2-10,16H,11-12H2,1H3/t16-/m0/s1. The Bertz CT molecular complexity index is 733. The van der Waals surface area contributed by atoms with E-state index in [1.54, 1.807) is 12.1 Å². The lowest BCUT2D eigenvalue weighted by Crippen LogP contribution is -2.39. The van der Waals surface area contributed by atoms with Crippen molar-refractivity contribution in [2.45, 2.75) is 19.0 Å². The summed E-state index contributed by atoms with van der Waals surface area (Å²) in [5, 5.41) is 0. The Morgan fingerprint density at radius 1 is 1.13 bits per heavy atom. The Morgan fingerprint density at radius 2 is 1.87 bits per heavy atom. The van der Waals surface area contributed by atoms with Gasteiger partial charge in [-0.05, 0) is 30.8 Å². The number of amides is 2. The molecule has 1 atom stereocenters. The van der Waals surface area contributed by atoms with Crippen molar-refractivity contribution in [3.8, 4) is 0 Å². The van der Waals surface area contributed by atoms with Gasteiger partial charge in [0.15, 0.2) is 0 Å². The van der Waals surface area contributed by atoms with Gasteiger partial charge in [0, 0.05) is 11.0 Å². The number of nitrogens with zero attached hydrogens (tertiary/aromatic N) is 2. The van der Waals surface area contributed by atoms with E-state index in [0.717, 1.165) is 10.0 Å². The summed E-state index contributed by atoms with van der Waals surface area (Å²) < 4.78 is 0.844. The van der Waals surface area contributed by atoms with Crippen molar-refractivity contribution in [1.29, 1.82) is 0 Å². The molecule has 0 radical (unpaired) electrons. The summed E-state index contributed by atoms with van der Waals surface area (Å²) in [6, 6.07) is 16.8. The summed E-state index contributed by atoms with van der Waals surface area (Å²) in [4.78, 5) is 28.3. The third kappa shape index (κ3) is 3.35. The quantitative estimate of drug-likeness (QED) is 0.773. The topological polar surface area (TPSA) is 40.6 Å². The van der Waals surface area contributed by atoms with Gasteiger partial charge in [0.2, 0.25) is 5.91 Å². The van der Waals surface area contributed by atoms with Crippen LogP contribution in [0, 0.1) is 0 Å². The Labute approximate surface area is 143 Å². The van der Waals surface area contributed by atoms with Gasteiger partial charge in [0.05, 0.1) is 18.2 Å². The maximum atomic E-state index is 12.7. The maximum Gasteiger partial charge on any atom is 0.251 e. The molecule has 1 fully saturated rings. The fourth-order valence-electron chi connectivity index (χ4n) is 2.83. The van der Waals surface area contributed by atoms with Gasteiger partial charge in [-0.1, -0.05) is 52.3 Å². The first-order valence-corrected chi connectivity index (χ1v) is 8.22. The Balaban J connectivity index is 1.78. The van der Waals surface area contributed by atoms with Crippen LogP contribution in [0.5, 0.6) is 0 Å². The van der Waals surface area contributed by atoms with E-state index in [1.165, 1.54) is 4.90 Å². The molecule has 5 heteroatoms. The number of imide groups is 1. The van der Waals surface area contributed by atoms with Crippen LogP contribution in [0.2, 0.25) is 0 Å². The highest BCUT2D eigenvalue weighted by atomic mass is 79.9. The molecule has 0 aliphatic carbocycles. The summed E-state index contributed by atoms with van der Waals surface area (Å²) >= 11 is 3.38. The largest absolute Gasteiger partial charge is 0.290 e. The molecule has 0 N–H and O–H groups in total. The number of carbonyl (C=O) groups excluding carboxylic acids is 2. The maximum absolute atomic E-state index is 12.7. The molecule has 1 aliphatic rings. The zero-order valence-corrected chi connectivity index (χ0v) is 14.4. The van der Waals surface area contributed by atoms with E-state index >= 15 is 0 Å². The van der Waals surface area contributed by atoms with Crippen molar-refractivity contribution in [3.63, 3.8) is 0 Å². The number of likely N-dealkylation sites (N-methyl/N-ethyl adjacent to an activating group) is 1. The molecule has 2 aromatic rings. The minimum atomic E-state index is -0.415. The molecule has 0 bridgehead atoms. The third-order valence-corrected chi connectivity index (χ3v) is 4.49. The fourth-order valence-corrected chi connectivity index (χ4v) is 3.22. The van der Waals surface area contributed by atoms with Crippen LogP contribution in [0.4, 0.5) is 5.69 Å². The Hall–Kier alpha value is -1.98. The monoisotopic (exact) mass is 372 g/mol. The fraction of sp³-hybridized carbons (Fsp3) is 0.222. The predicted octanol–water partition coefficient (Wildman–Crippen LogP) is 3.21. The molecular formula is C18H17BrN2O2. The Kier molecular flexibility index (Phi) is 4.59. The molecule has 3 rings (SSSR count). The summed E-state index contributed by atoms with van der Waals surface area (Å²) in [5.41, 5.74) is 1.74. The van der Waals surface area contributed by atoms with Gasteiger partial charge >= 0.3 is 0 Å². The number of benzene rings is 2. The summed E-state index contributed by atoms with van der Waals surface area (Å²) in [6.45, 7) is 0.636. The molecule has 1 saturated heterocycles. The zero-order valence-electron chi connectivity index (χ0n) is 12.8. The molecule has 0 aromatic heterocycles. The lowest BCUT2D eigenvalue weighted by Gasteiger charge is -2.23. The van der Waals surface area contributed by atoms with Crippen LogP contribution in [-0.4, -0.2) is 29.8 Å². The molecule has 0 spiro atoms. The molecule has 2 amide bonds.